The van der Waals surface area contributed by atoms with E-state index in [1.807, 2.05) is 30.3 Å². The van der Waals surface area contributed by atoms with Gasteiger partial charge in [0.25, 0.3) is 0 Å². The van der Waals surface area contributed by atoms with Crippen LogP contribution in [-0.4, -0.2) is 4.89 Å². The Morgan fingerprint density at radius 1 is 1.00 bits per heavy atom. The molecule has 2 rings (SSSR count). The second-order valence-electron chi connectivity index (χ2n) is 3.80. The summed E-state index contributed by atoms with van der Waals surface area (Å²) in [4.78, 5) is 9.62. The Balaban J connectivity index is 1.95. The van der Waals surface area contributed by atoms with Crippen molar-refractivity contribution in [1.82, 2.24) is 5.09 Å². The Labute approximate surface area is 112 Å². The van der Waals surface area contributed by atoms with Crippen LogP contribution in [0.15, 0.2) is 66.9 Å². The van der Waals surface area contributed by atoms with E-state index in [0.717, 1.165) is 5.56 Å². The van der Waals surface area contributed by atoms with Crippen molar-refractivity contribution in [2.45, 2.75) is 0 Å². The van der Waals surface area contributed by atoms with Gasteiger partial charge in [0.2, 0.25) is 0 Å². The highest BCUT2D eigenvalue weighted by atomic mass is 31.2. The van der Waals surface area contributed by atoms with Crippen molar-refractivity contribution in [1.29, 1.82) is 0 Å². The molecule has 0 amide bonds. The van der Waals surface area contributed by atoms with Crippen LogP contribution in [0.1, 0.15) is 5.56 Å². The molecule has 98 valence electrons. The van der Waals surface area contributed by atoms with E-state index >= 15 is 0 Å². The molecule has 2 N–H and O–H groups in total. The summed E-state index contributed by atoms with van der Waals surface area (Å²) in [5, 5.41) is 2.36. The van der Waals surface area contributed by atoms with E-state index in [-0.39, 0.29) is 0 Å². The van der Waals surface area contributed by atoms with Crippen molar-refractivity contribution in [2.24, 2.45) is 0 Å². The Hall–Kier alpha value is -2.03. The van der Waals surface area contributed by atoms with Crippen LogP contribution in [0, 0.1) is 0 Å². The van der Waals surface area contributed by atoms with E-state index in [0.29, 0.717) is 5.75 Å². The predicted molar refractivity (Wildman–Crippen MR) is 75.5 cm³/mol. The van der Waals surface area contributed by atoms with Crippen molar-refractivity contribution >= 4 is 13.8 Å². The first-order chi connectivity index (χ1) is 9.16. The standard InChI is InChI=1S/C14H14NO3P/c16-19(17,18-14-9-5-2-6-10-14)15-12-11-13-7-3-1-4-8-13/h1-12H,(H2,15,16,17). The van der Waals surface area contributed by atoms with Gasteiger partial charge < -0.3 is 4.52 Å². The minimum Gasteiger partial charge on any atom is -0.409 e. The summed E-state index contributed by atoms with van der Waals surface area (Å²) in [5.41, 5.74) is 0.926. The second kappa shape index (κ2) is 6.23. The first-order valence-corrected chi connectivity index (χ1v) is 7.30. The lowest BCUT2D eigenvalue weighted by Crippen LogP contribution is -2.06. The molecule has 4 nitrogen and oxygen atoms in total. The van der Waals surface area contributed by atoms with Crippen molar-refractivity contribution < 1.29 is 14.0 Å². The third-order valence-electron chi connectivity index (χ3n) is 2.29. The van der Waals surface area contributed by atoms with E-state index in [4.69, 9.17) is 4.52 Å². The van der Waals surface area contributed by atoms with E-state index in [2.05, 4.69) is 5.09 Å². The highest BCUT2D eigenvalue weighted by molar-refractivity contribution is 7.51. The molecule has 0 spiro atoms. The minimum atomic E-state index is -3.89. The zero-order valence-corrected chi connectivity index (χ0v) is 11.0. The van der Waals surface area contributed by atoms with Gasteiger partial charge in [-0.25, -0.2) is 4.57 Å². The maximum atomic E-state index is 11.7. The number of hydrogen-bond acceptors (Lipinski definition) is 2. The number of hydrogen-bond donors (Lipinski definition) is 2. The molecule has 19 heavy (non-hydrogen) atoms. The van der Waals surface area contributed by atoms with Crippen LogP contribution in [-0.2, 0) is 4.57 Å². The van der Waals surface area contributed by atoms with Gasteiger partial charge in [-0.15, -0.1) is 0 Å². The predicted octanol–water partition coefficient (Wildman–Crippen LogP) is 3.43. The zero-order chi connectivity index (χ0) is 13.6. The summed E-state index contributed by atoms with van der Waals surface area (Å²) in [5.74, 6) is 0.342. The van der Waals surface area contributed by atoms with E-state index in [1.165, 1.54) is 6.20 Å². The first-order valence-electron chi connectivity index (χ1n) is 5.72. The molecule has 2 aromatic rings. The van der Waals surface area contributed by atoms with Gasteiger partial charge in [-0.3, -0.25) is 9.98 Å². The Morgan fingerprint density at radius 3 is 2.21 bits per heavy atom. The summed E-state index contributed by atoms with van der Waals surface area (Å²) in [6.45, 7) is 0. The third-order valence-corrected chi connectivity index (χ3v) is 3.22. The van der Waals surface area contributed by atoms with E-state index in [9.17, 15) is 9.46 Å². The third kappa shape index (κ3) is 4.62. The first kappa shape index (κ1) is 13.4. The Kier molecular flexibility index (Phi) is 4.39. The van der Waals surface area contributed by atoms with Gasteiger partial charge in [0.05, 0.1) is 0 Å². The highest BCUT2D eigenvalue weighted by Gasteiger charge is 2.18. The molecule has 0 heterocycles. The van der Waals surface area contributed by atoms with Crippen LogP contribution >= 0.6 is 7.75 Å². The molecule has 5 heteroatoms. The van der Waals surface area contributed by atoms with Crippen LogP contribution in [0.5, 0.6) is 5.75 Å². The van der Waals surface area contributed by atoms with Gasteiger partial charge in [-0.05, 0) is 23.8 Å². The fourth-order valence-electron chi connectivity index (χ4n) is 1.44. The van der Waals surface area contributed by atoms with Gasteiger partial charge in [0.1, 0.15) is 5.75 Å². The van der Waals surface area contributed by atoms with E-state index in [1.54, 1.807) is 36.4 Å². The molecule has 0 fully saturated rings. The summed E-state index contributed by atoms with van der Waals surface area (Å²) in [6, 6.07) is 18.0. The normalized spacial score (nSPS) is 13.9. The summed E-state index contributed by atoms with van der Waals surface area (Å²) in [6.07, 6.45) is 3.09. The summed E-state index contributed by atoms with van der Waals surface area (Å²) >= 11 is 0. The van der Waals surface area contributed by atoms with Gasteiger partial charge in [0, 0.05) is 6.20 Å². The molecule has 1 unspecified atom stereocenters. The monoisotopic (exact) mass is 275 g/mol. The van der Waals surface area contributed by atoms with Crippen molar-refractivity contribution in [3.05, 3.63) is 72.4 Å². The maximum absolute atomic E-state index is 11.7. The van der Waals surface area contributed by atoms with Crippen LogP contribution in [0.25, 0.3) is 6.08 Å². The summed E-state index contributed by atoms with van der Waals surface area (Å²) < 4.78 is 16.7. The van der Waals surface area contributed by atoms with Crippen molar-refractivity contribution in [3.63, 3.8) is 0 Å². The molecular formula is C14H14NO3P. The molecule has 0 aliphatic carbocycles. The lowest BCUT2D eigenvalue weighted by Gasteiger charge is -2.12. The molecule has 0 radical (unpaired) electrons. The number of benzene rings is 2. The number of nitrogens with one attached hydrogen (secondary N) is 1. The van der Waals surface area contributed by atoms with Crippen LogP contribution in [0.3, 0.4) is 0 Å². The maximum Gasteiger partial charge on any atom is 0.483 e. The lowest BCUT2D eigenvalue weighted by atomic mass is 10.2. The lowest BCUT2D eigenvalue weighted by molar-refractivity contribution is 0.372. The molecular weight excluding hydrogens is 261 g/mol. The Bertz CT molecular complexity index is 584. The van der Waals surface area contributed by atoms with Gasteiger partial charge in [0.15, 0.2) is 0 Å². The van der Waals surface area contributed by atoms with E-state index < -0.39 is 7.75 Å². The molecule has 1 atom stereocenters. The molecule has 2 aromatic carbocycles. The van der Waals surface area contributed by atoms with Gasteiger partial charge in [-0.1, -0.05) is 48.5 Å². The van der Waals surface area contributed by atoms with Crippen LogP contribution in [0.4, 0.5) is 0 Å². The minimum absolute atomic E-state index is 0.342. The molecule has 0 aliphatic heterocycles. The fraction of sp³-hybridized carbons (Fsp3) is 0. The summed E-state index contributed by atoms with van der Waals surface area (Å²) in [7, 11) is -3.89. The highest BCUT2D eigenvalue weighted by Crippen LogP contribution is 2.37. The molecule has 0 bridgehead atoms. The average Bonchev–Trinajstić information content (AvgIpc) is 2.40. The zero-order valence-electron chi connectivity index (χ0n) is 10.1. The average molecular weight is 275 g/mol. The van der Waals surface area contributed by atoms with Crippen molar-refractivity contribution in [2.75, 3.05) is 0 Å². The number of para-hydroxylation sites is 1. The quantitative estimate of drug-likeness (QED) is 0.821. The van der Waals surface area contributed by atoms with Gasteiger partial charge in [-0.2, -0.15) is 0 Å². The van der Waals surface area contributed by atoms with Crippen LogP contribution < -0.4 is 9.61 Å². The largest absolute Gasteiger partial charge is 0.483 e. The molecule has 0 aromatic heterocycles. The molecule has 0 saturated carbocycles. The fourth-order valence-corrected chi connectivity index (χ4v) is 2.17. The molecule has 0 saturated heterocycles. The van der Waals surface area contributed by atoms with Crippen LogP contribution in [0.2, 0.25) is 0 Å². The Morgan fingerprint density at radius 2 is 1.58 bits per heavy atom. The second-order valence-corrected chi connectivity index (χ2v) is 5.28. The number of rotatable bonds is 5. The smallest absolute Gasteiger partial charge is 0.409 e. The van der Waals surface area contributed by atoms with Gasteiger partial charge >= 0.3 is 7.75 Å². The topological polar surface area (TPSA) is 58.6 Å². The van der Waals surface area contributed by atoms with Crippen molar-refractivity contribution in [3.8, 4) is 5.75 Å². The SMILES string of the molecule is O=P(O)(NC=Cc1ccccc1)Oc1ccccc1. The molecule has 0 aliphatic rings.